The quantitative estimate of drug-likeness (QED) is 0.279. The Morgan fingerprint density at radius 3 is 2.03 bits per heavy atom. The minimum atomic E-state index is 0.127. The van der Waals surface area contributed by atoms with Crippen LogP contribution >= 0.6 is 0 Å². The van der Waals surface area contributed by atoms with Gasteiger partial charge in [0.2, 0.25) is 0 Å². The van der Waals surface area contributed by atoms with Crippen molar-refractivity contribution in [2.75, 3.05) is 0 Å². The fraction of sp³-hybridized carbons (Fsp3) is 0.586. The predicted octanol–water partition coefficient (Wildman–Crippen LogP) is 9.74. The predicted molar refractivity (Wildman–Crippen MR) is 130 cm³/mol. The van der Waals surface area contributed by atoms with Crippen LogP contribution in [0.25, 0.3) is 0 Å². The smallest absolute Gasteiger partial charge is 0.185 e. The van der Waals surface area contributed by atoms with Gasteiger partial charge in [0.05, 0.1) is 0 Å². The maximum Gasteiger partial charge on any atom is 0.185 e. The largest absolute Gasteiger partial charge is 0.457 e. The maximum absolute atomic E-state index is 12.5. The second-order valence-corrected chi connectivity index (χ2v) is 9.33. The van der Waals surface area contributed by atoms with Crippen LogP contribution < -0.4 is 4.74 Å². The van der Waals surface area contributed by atoms with Gasteiger partial charge in [-0.1, -0.05) is 95.8 Å². The van der Waals surface area contributed by atoms with Gasteiger partial charge in [-0.2, -0.15) is 0 Å². The van der Waals surface area contributed by atoms with Crippen molar-refractivity contribution in [3.8, 4) is 17.2 Å². The van der Waals surface area contributed by atoms with Crippen LogP contribution in [0.4, 0.5) is 0 Å². The van der Waals surface area contributed by atoms with Crippen molar-refractivity contribution in [3.63, 3.8) is 0 Å². The highest BCUT2D eigenvalue weighted by atomic mass is 16.5. The first kappa shape index (κ1) is 23.7. The van der Waals surface area contributed by atoms with E-state index in [2.05, 4.69) is 31.2 Å². The van der Waals surface area contributed by atoms with Crippen LogP contribution in [0, 0.1) is 0 Å². The highest BCUT2D eigenvalue weighted by molar-refractivity contribution is 5.48. The number of unbranched alkanes of at least 4 members (excludes halogenated alkanes) is 9. The van der Waals surface area contributed by atoms with E-state index in [1.54, 1.807) is 6.07 Å². The fourth-order valence-electron chi connectivity index (χ4n) is 4.90. The van der Waals surface area contributed by atoms with Crippen molar-refractivity contribution >= 4 is 0 Å². The third kappa shape index (κ3) is 7.91. The zero-order valence-electron chi connectivity index (χ0n) is 19.5. The Kier molecular flexibility index (Phi) is 10.3. The van der Waals surface area contributed by atoms with Crippen molar-refractivity contribution in [2.24, 2.45) is 0 Å². The molecule has 2 aromatic carbocycles. The van der Waals surface area contributed by atoms with E-state index in [9.17, 15) is 5.11 Å². The lowest BCUT2D eigenvalue weighted by atomic mass is 9.95. The van der Waals surface area contributed by atoms with E-state index >= 15 is 0 Å². The summed E-state index contributed by atoms with van der Waals surface area (Å²) >= 11 is 0. The fourth-order valence-corrected chi connectivity index (χ4v) is 4.90. The van der Waals surface area contributed by atoms with Crippen LogP contribution in [-0.2, 0) is 11.5 Å². The van der Waals surface area contributed by atoms with Crippen LogP contribution in [-0.4, -0.2) is 0 Å². The molecule has 0 aliphatic heterocycles. The molecular weight excluding hydrogens is 380 g/mol. The van der Waals surface area contributed by atoms with Gasteiger partial charge in [0.15, 0.2) is 5.75 Å². The summed E-state index contributed by atoms with van der Waals surface area (Å²) in [6, 6.07) is 13.9. The number of ether oxygens (including phenoxy) is 1. The van der Waals surface area contributed by atoms with Crippen molar-refractivity contribution in [1.29, 1.82) is 0 Å². The van der Waals surface area contributed by atoms with Gasteiger partial charge in [0.1, 0.15) is 11.5 Å². The molecule has 2 heteroatoms. The number of aryl methyl sites for hydroxylation is 1. The Bertz CT molecular complexity index is 744. The number of hydrogen-bond donors (Lipinski definition) is 0. The summed E-state index contributed by atoms with van der Waals surface area (Å²) in [6.07, 6.45) is 19.5. The first-order valence-corrected chi connectivity index (χ1v) is 12.8. The molecule has 0 spiro atoms. The average molecular weight is 422 g/mol. The molecule has 0 bridgehead atoms. The Morgan fingerprint density at radius 1 is 0.774 bits per heavy atom. The molecule has 31 heavy (non-hydrogen) atoms. The average Bonchev–Trinajstić information content (AvgIpc) is 3.31. The molecule has 0 saturated heterocycles. The molecule has 2 aromatic rings. The van der Waals surface area contributed by atoms with Crippen molar-refractivity contribution in [1.82, 2.24) is 0 Å². The van der Waals surface area contributed by atoms with Gasteiger partial charge in [0.25, 0.3) is 0 Å². The first-order valence-electron chi connectivity index (χ1n) is 12.8. The van der Waals surface area contributed by atoms with Gasteiger partial charge in [-0.15, -0.1) is 0 Å². The summed E-state index contributed by atoms with van der Waals surface area (Å²) in [5.74, 6) is 2.07. The molecule has 2 nitrogen and oxygen atoms in total. The van der Waals surface area contributed by atoms with Gasteiger partial charge in [0, 0.05) is 5.56 Å². The number of hydrogen-bond acceptors (Lipinski definition) is 1. The van der Waals surface area contributed by atoms with E-state index in [0.29, 0.717) is 5.92 Å². The maximum atomic E-state index is 12.5. The highest BCUT2D eigenvalue weighted by Crippen LogP contribution is 2.44. The van der Waals surface area contributed by atoms with E-state index in [-0.39, 0.29) is 5.75 Å². The molecule has 1 radical (unpaired) electrons. The van der Waals surface area contributed by atoms with E-state index in [1.807, 2.05) is 12.1 Å². The van der Waals surface area contributed by atoms with E-state index in [4.69, 9.17) is 4.74 Å². The summed E-state index contributed by atoms with van der Waals surface area (Å²) < 4.78 is 6.16. The standard InChI is InChI=1S/C29H41O2/c1-2-3-4-5-6-7-8-9-10-11-15-24-20-22-26(23-21-24)31-28-19-14-18-27(30)29(28)25-16-12-13-17-25/h14,18-23,25H,2-13,15-17H2,1H3. The molecule has 169 valence electrons. The first-order chi connectivity index (χ1) is 15.3. The molecule has 0 N–H and O–H groups in total. The molecule has 0 aromatic heterocycles. The van der Waals surface area contributed by atoms with Crippen molar-refractivity contribution < 1.29 is 9.84 Å². The molecule has 1 saturated carbocycles. The number of rotatable bonds is 14. The molecule has 1 fully saturated rings. The van der Waals surface area contributed by atoms with Crippen LogP contribution in [0.3, 0.4) is 0 Å². The lowest BCUT2D eigenvalue weighted by Crippen LogP contribution is -1.97. The van der Waals surface area contributed by atoms with Crippen molar-refractivity contribution in [3.05, 3.63) is 53.6 Å². The molecule has 3 rings (SSSR count). The third-order valence-corrected chi connectivity index (χ3v) is 6.76. The van der Waals surface area contributed by atoms with Crippen LogP contribution in [0.15, 0.2) is 42.5 Å². The topological polar surface area (TPSA) is 29.1 Å². The normalized spacial score (nSPS) is 14.2. The van der Waals surface area contributed by atoms with Gasteiger partial charge >= 0.3 is 0 Å². The van der Waals surface area contributed by atoms with Crippen LogP contribution in [0.1, 0.15) is 114 Å². The SMILES string of the molecule is CCCCCCCCCCCCc1ccc(Oc2cccc([O])c2C2CCCC2)cc1. The second-order valence-electron chi connectivity index (χ2n) is 9.33. The van der Waals surface area contributed by atoms with Crippen molar-refractivity contribution in [2.45, 2.75) is 109 Å². The summed E-state index contributed by atoms with van der Waals surface area (Å²) in [6.45, 7) is 2.28. The zero-order chi connectivity index (χ0) is 21.7. The Balaban J connectivity index is 1.39. The van der Waals surface area contributed by atoms with Gasteiger partial charge < -0.3 is 4.74 Å². The third-order valence-electron chi connectivity index (χ3n) is 6.76. The molecule has 0 unspecified atom stereocenters. The Labute approximate surface area is 190 Å². The lowest BCUT2D eigenvalue weighted by molar-refractivity contribution is 0.341. The van der Waals surface area contributed by atoms with Crippen LogP contribution in [0.2, 0.25) is 0 Å². The highest BCUT2D eigenvalue weighted by Gasteiger charge is 2.24. The molecule has 0 amide bonds. The van der Waals surface area contributed by atoms with E-state index in [1.165, 1.54) is 82.6 Å². The minimum Gasteiger partial charge on any atom is -0.457 e. The van der Waals surface area contributed by atoms with Gasteiger partial charge in [-0.25, -0.2) is 0 Å². The molecule has 1 aliphatic rings. The summed E-state index contributed by atoms with van der Waals surface area (Å²) in [5, 5.41) is 12.5. The summed E-state index contributed by atoms with van der Waals surface area (Å²) in [7, 11) is 0. The summed E-state index contributed by atoms with van der Waals surface area (Å²) in [4.78, 5) is 0. The molecule has 1 aliphatic carbocycles. The number of benzene rings is 2. The minimum absolute atomic E-state index is 0.127. The Hall–Kier alpha value is -1.96. The lowest BCUT2D eigenvalue weighted by Gasteiger charge is -2.16. The molecule has 0 heterocycles. The second kappa shape index (κ2) is 13.5. The van der Waals surface area contributed by atoms with Crippen LogP contribution in [0.5, 0.6) is 17.2 Å². The van der Waals surface area contributed by atoms with E-state index < -0.39 is 0 Å². The molecular formula is C29H41O2. The molecule has 0 atom stereocenters. The van der Waals surface area contributed by atoms with Gasteiger partial charge in [-0.05, 0) is 61.4 Å². The summed E-state index contributed by atoms with van der Waals surface area (Å²) in [5.41, 5.74) is 2.26. The monoisotopic (exact) mass is 421 g/mol. The Morgan fingerprint density at radius 2 is 1.39 bits per heavy atom. The van der Waals surface area contributed by atoms with Gasteiger partial charge in [-0.3, -0.25) is 5.11 Å². The van der Waals surface area contributed by atoms with E-state index in [0.717, 1.165) is 36.3 Å². The zero-order valence-corrected chi connectivity index (χ0v) is 19.5.